The quantitative estimate of drug-likeness (QED) is 0.735. The van der Waals surface area contributed by atoms with Gasteiger partial charge >= 0.3 is 0 Å². The van der Waals surface area contributed by atoms with E-state index in [9.17, 15) is 0 Å². The van der Waals surface area contributed by atoms with Crippen LogP contribution in [-0.4, -0.2) is 6.54 Å². The Morgan fingerprint density at radius 3 is 2.50 bits per heavy atom. The van der Waals surface area contributed by atoms with Crippen molar-refractivity contribution >= 4 is 0 Å². The maximum absolute atomic E-state index is 5.76. The molecule has 2 N–H and O–H groups in total. The summed E-state index contributed by atoms with van der Waals surface area (Å²) in [6.45, 7) is 3.05. The summed E-state index contributed by atoms with van der Waals surface area (Å²) in [6.07, 6.45) is 4.97. The molecule has 78 valence electrons. The normalized spacial score (nSPS) is 12.7. The molecule has 0 aromatic heterocycles. The molecular formula is C13H21N. The van der Waals surface area contributed by atoms with E-state index < -0.39 is 0 Å². The number of hydrogen-bond donors (Lipinski definition) is 1. The van der Waals surface area contributed by atoms with Gasteiger partial charge < -0.3 is 5.73 Å². The molecule has 1 heteroatoms. The van der Waals surface area contributed by atoms with Crippen LogP contribution in [0, 0.1) is 5.92 Å². The molecule has 0 amide bonds. The highest BCUT2D eigenvalue weighted by Crippen LogP contribution is 2.13. The highest BCUT2D eigenvalue weighted by atomic mass is 14.5. The number of benzene rings is 1. The Kier molecular flexibility index (Phi) is 5.31. The summed E-state index contributed by atoms with van der Waals surface area (Å²) in [5, 5.41) is 0. The average Bonchev–Trinajstić information content (AvgIpc) is 2.25. The van der Waals surface area contributed by atoms with Crippen molar-refractivity contribution < 1.29 is 0 Å². The summed E-state index contributed by atoms with van der Waals surface area (Å²) in [5.74, 6) is 0.664. The molecule has 0 saturated heterocycles. The van der Waals surface area contributed by atoms with Gasteiger partial charge in [0.05, 0.1) is 0 Å². The van der Waals surface area contributed by atoms with Crippen molar-refractivity contribution in [3.63, 3.8) is 0 Å². The van der Waals surface area contributed by atoms with Crippen LogP contribution in [0.25, 0.3) is 0 Å². The second-order valence-corrected chi connectivity index (χ2v) is 3.93. The van der Waals surface area contributed by atoms with E-state index in [4.69, 9.17) is 5.73 Å². The van der Waals surface area contributed by atoms with Crippen LogP contribution in [0.2, 0.25) is 0 Å². The summed E-state index contributed by atoms with van der Waals surface area (Å²) in [4.78, 5) is 0. The Labute approximate surface area is 87.3 Å². The molecule has 1 nitrogen and oxygen atoms in total. The van der Waals surface area contributed by atoms with E-state index in [2.05, 4.69) is 37.3 Å². The Balaban J connectivity index is 2.40. The highest BCUT2D eigenvalue weighted by Gasteiger charge is 2.06. The Bertz CT molecular complexity index is 230. The first-order chi connectivity index (χ1) is 6.86. The zero-order valence-electron chi connectivity index (χ0n) is 9.08. The maximum Gasteiger partial charge on any atom is -0.00457 e. The number of rotatable bonds is 6. The topological polar surface area (TPSA) is 26.0 Å². The van der Waals surface area contributed by atoms with Gasteiger partial charge in [-0.2, -0.15) is 0 Å². The van der Waals surface area contributed by atoms with Crippen molar-refractivity contribution in [3.05, 3.63) is 35.9 Å². The van der Waals surface area contributed by atoms with Crippen LogP contribution in [0.3, 0.4) is 0 Å². The van der Waals surface area contributed by atoms with E-state index >= 15 is 0 Å². The van der Waals surface area contributed by atoms with Crippen LogP contribution in [0.15, 0.2) is 30.3 Å². The number of unbranched alkanes of at least 4 members (excludes halogenated alkanes) is 1. The molecule has 0 heterocycles. The number of nitrogens with two attached hydrogens (primary N) is 1. The van der Waals surface area contributed by atoms with E-state index in [0.717, 1.165) is 13.0 Å². The summed E-state index contributed by atoms with van der Waals surface area (Å²) < 4.78 is 0. The maximum atomic E-state index is 5.76. The smallest absolute Gasteiger partial charge is 0.00457 e. The van der Waals surface area contributed by atoms with Crippen molar-refractivity contribution in [2.75, 3.05) is 6.54 Å². The lowest BCUT2D eigenvalue weighted by Crippen LogP contribution is -2.16. The summed E-state index contributed by atoms with van der Waals surface area (Å²) >= 11 is 0. The van der Waals surface area contributed by atoms with Gasteiger partial charge in [0, 0.05) is 0 Å². The monoisotopic (exact) mass is 191 g/mol. The third-order valence-electron chi connectivity index (χ3n) is 2.67. The molecule has 1 unspecified atom stereocenters. The number of hydrogen-bond acceptors (Lipinski definition) is 1. The van der Waals surface area contributed by atoms with Gasteiger partial charge in [-0.05, 0) is 30.9 Å². The first-order valence-corrected chi connectivity index (χ1v) is 5.60. The molecule has 1 aromatic carbocycles. The third-order valence-corrected chi connectivity index (χ3v) is 2.67. The molecule has 14 heavy (non-hydrogen) atoms. The van der Waals surface area contributed by atoms with E-state index in [-0.39, 0.29) is 0 Å². The van der Waals surface area contributed by atoms with Crippen LogP contribution < -0.4 is 5.73 Å². The van der Waals surface area contributed by atoms with Crippen molar-refractivity contribution in [3.8, 4) is 0 Å². The SMILES string of the molecule is CCCCC(CN)Cc1ccccc1. The molecule has 0 aliphatic heterocycles. The van der Waals surface area contributed by atoms with Gasteiger partial charge in [0.15, 0.2) is 0 Å². The molecule has 0 aliphatic rings. The van der Waals surface area contributed by atoms with Gasteiger partial charge in [-0.1, -0.05) is 50.1 Å². The summed E-state index contributed by atoms with van der Waals surface area (Å²) in [5.41, 5.74) is 7.18. The predicted octanol–water partition coefficient (Wildman–Crippen LogP) is 2.99. The van der Waals surface area contributed by atoms with Gasteiger partial charge in [-0.3, -0.25) is 0 Å². The van der Waals surface area contributed by atoms with E-state index in [1.165, 1.54) is 24.8 Å². The fourth-order valence-electron chi connectivity index (χ4n) is 1.74. The van der Waals surface area contributed by atoms with Gasteiger partial charge in [-0.15, -0.1) is 0 Å². The average molecular weight is 191 g/mol. The van der Waals surface area contributed by atoms with Gasteiger partial charge in [0.2, 0.25) is 0 Å². The minimum absolute atomic E-state index is 0.664. The lowest BCUT2D eigenvalue weighted by molar-refractivity contribution is 0.472. The minimum Gasteiger partial charge on any atom is -0.330 e. The lowest BCUT2D eigenvalue weighted by Gasteiger charge is -2.13. The molecular weight excluding hydrogens is 170 g/mol. The van der Waals surface area contributed by atoms with Gasteiger partial charge in [0.25, 0.3) is 0 Å². The second-order valence-electron chi connectivity index (χ2n) is 3.93. The van der Waals surface area contributed by atoms with Crippen LogP contribution in [-0.2, 0) is 6.42 Å². The molecule has 0 fully saturated rings. The predicted molar refractivity (Wildman–Crippen MR) is 62.2 cm³/mol. The first kappa shape index (κ1) is 11.3. The molecule has 0 radical (unpaired) electrons. The molecule has 1 rings (SSSR count). The van der Waals surface area contributed by atoms with Crippen molar-refractivity contribution in [2.24, 2.45) is 11.7 Å². The molecule has 1 atom stereocenters. The van der Waals surface area contributed by atoms with E-state index in [1.807, 2.05) is 0 Å². The molecule has 0 saturated carbocycles. The fourth-order valence-corrected chi connectivity index (χ4v) is 1.74. The Morgan fingerprint density at radius 2 is 1.93 bits per heavy atom. The Morgan fingerprint density at radius 1 is 1.21 bits per heavy atom. The van der Waals surface area contributed by atoms with Crippen LogP contribution >= 0.6 is 0 Å². The lowest BCUT2D eigenvalue weighted by atomic mass is 9.94. The largest absolute Gasteiger partial charge is 0.330 e. The minimum atomic E-state index is 0.664. The Hall–Kier alpha value is -0.820. The summed E-state index contributed by atoms with van der Waals surface area (Å²) in [7, 11) is 0. The van der Waals surface area contributed by atoms with Crippen LogP contribution in [0.5, 0.6) is 0 Å². The van der Waals surface area contributed by atoms with E-state index in [1.54, 1.807) is 0 Å². The van der Waals surface area contributed by atoms with Crippen LogP contribution in [0.1, 0.15) is 31.7 Å². The van der Waals surface area contributed by atoms with Crippen molar-refractivity contribution in [1.29, 1.82) is 0 Å². The molecule has 0 spiro atoms. The highest BCUT2D eigenvalue weighted by molar-refractivity contribution is 5.15. The summed E-state index contributed by atoms with van der Waals surface area (Å²) in [6, 6.07) is 10.6. The van der Waals surface area contributed by atoms with Crippen molar-refractivity contribution in [1.82, 2.24) is 0 Å². The van der Waals surface area contributed by atoms with Gasteiger partial charge in [-0.25, -0.2) is 0 Å². The molecule has 0 bridgehead atoms. The third kappa shape index (κ3) is 3.93. The molecule has 1 aromatic rings. The molecule has 0 aliphatic carbocycles. The van der Waals surface area contributed by atoms with Crippen LogP contribution in [0.4, 0.5) is 0 Å². The zero-order chi connectivity index (χ0) is 10.2. The van der Waals surface area contributed by atoms with E-state index in [0.29, 0.717) is 5.92 Å². The second kappa shape index (κ2) is 6.61. The van der Waals surface area contributed by atoms with Gasteiger partial charge in [0.1, 0.15) is 0 Å². The zero-order valence-corrected chi connectivity index (χ0v) is 9.08. The standard InChI is InChI=1S/C13H21N/c1-2-3-7-13(11-14)10-12-8-5-4-6-9-12/h4-6,8-9,13H,2-3,7,10-11,14H2,1H3. The van der Waals surface area contributed by atoms with Crippen molar-refractivity contribution in [2.45, 2.75) is 32.6 Å². The first-order valence-electron chi connectivity index (χ1n) is 5.60. The fraction of sp³-hybridized carbons (Fsp3) is 0.538.